The van der Waals surface area contributed by atoms with Gasteiger partial charge in [-0.25, -0.2) is 0 Å². The third-order valence-electron chi connectivity index (χ3n) is 4.43. The first-order valence-electron chi connectivity index (χ1n) is 7.08. The topological polar surface area (TPSA) is 32.3 Å². The quantitative estimate of drug-likeness (QED) is 0.811. The van der Waals surface area contributed by atoms with Gasteiger partial charge in [0, 0.05) is 13.6 Å². The van der Waals surface area contributed by atoms with Crippen LogP contribution < -0.4 is 5.32 Å². The molecule has 3 nitrogen and oxygen atoms in total. The molecule has 1 aliphatic carbocycles. The van der Waals surface area contributed by atoms with Gasteiger partial charge in [0.2, 0.25) is 5.91 Å². The van der Waals surface area contributed by atoms with Gasteiger partial charge in [0.1, 0.15) is 0 Å². The molecule has 3 heteroatoms. The summed E-state index contributed by atoms with van der Waals surface area (Å²) in [6.45, 7) is 6.36. The summed E-state index contributed by atoms with van der Waals surface area (Å²) < 4.78 is 0. The van der Waals surface area contributed by atoms with E-state index in [-0.39, 0.29) is 6.04 Å². The molecule has 1 aliphatic heterocycles. The molecule has 1 saturated heterocycles. The molecule has 0 aromatic rings. The van der Waals surface area contributed by atoms with Crippen LogP contribution in [0.1, 0.15) is 39.5 Å². The lowest BCUT2D eigenvalue weighted by Crippen LogP contribution is -2.45. The third-order valence-corrected chi connectivity index (χ3v) is 4.43. The van der Waals surface area contributed by atoms with E-state index >= 15 is 0 Å². The second kappa shape index (κ2) is 5.38. The minimum Gasteiger partial charge on any atom is -0.344 e. The van der Waals surface area contributed by atoms with Gasteiger partial charge in [-0.1, -0.05) is 20.3 Å². The highest BCUT2D eigenvalue weighted by Gasteiger charge is 2.43. The van der Waals surface area contributed by atoms with Crippen molar-refractivity contribution in [3.05, 3.63) is 0 Å². The Kier molecular flexibility index (Phi) is 4.08. The maximum absolute atomic E-state index is 12.4. The molecule has 17 heavy (non-hydrogen) atoms. The Morgan fingerprint density at radius 2 is 2.18 bits per heavy atom. The maximum atomic E-state index is 12.4. The zero-order chi connectivity index (χ0) is 12.4. The van der Waals surface area contributed by atoms with Gasteiger partial charge in [-0.2, -0.15) is 0 Å². The molecule has 0 radical (unpaired) electrons. The number of carbonyl (C=O) groups is 1. The predicted molar refractivity (Wildman–Crippen MR) is 69.7 cm³/mol. The molecular weight excluding hydrogens is 212 g/mol. The van der Waals surface area contributed by atoms with Gasteiger partial charge in [-0.15, -0.1) is 0 Å². The highest BCUT2D eigenvalue weighted by Crippen LogP contribution is 2.38. The average Bonchev–Trinajstić information content (AvgIpc) is 2.86. The second-order valence-corrected chi connectivity index (χ2v) is 6.18. The summed E-state index contributed by atoms with van der Waals surface area (Å²) in [6.07, 6.45) is 4.98. The molecule has 1 N–H and O–H groups in total. The molecule has 98 valence electrons. The summed E-state index contributed by atoms with van der Waals surface area (Å²) in [7, 11) is 1.95. The molecule has 1 amide bonds. The summed E-state index contributed by atoms with van der Waals surface area (Å²) in [4.78, 5) is 14.3. The normalized spacial score (nSPS) is 31.9. The van der Waals surface area contributed by atoms with E-state index < -0.39 is 0 Å². The highest BCUT2D eigenvalue weighted by atomic mass is 16.2. The van der Waals surface area contributed by atoms with Gasteiger partial charge in [0.25, 0.3) is 0 Å². The van der Waals surface area contributed by atoms with E-state index in [0.717, 1.165) is 25.4 Å². The van der Waals surface area contributed by atoms with Crippen molar-refractivity contribution in [3.63, 3.8) is 0 Å². The lowest BCUT2D eigenvalue weighted by Gasteiger charge is -2.25. The summed E-state index contributed by atoms with van der Waals surface area (Å²) >= 11 is 0. The molecule has 2 aliphatic rings. The fourth-order valence-corrected chi connectivity index (χ4v) is 3.26. The van der Waals surface area contributed by atoms with Crippen LogP contribution in [-0.2, 0) is 4.79 Å². The van der Waals surface area contributed by atoms with Crippen molar-refractivity contribution in [3.8, 4) is 0 Å². The lowest BCUT2D eigenvalue weighted by atomic mass is 9.93. The second-order valence-electron chi connectivity index (χ2n) is 6.18. The third kappa shape index (κ3) is 2.82. The number of fused-ring (bicyclic) bond motifs is 1. The number of nitrogens with zero attached hydrogens (tertiary/aromatic N) is 1. The Bertz CT molecular complexity index is 277. The molecule has 0 aromatic carbocycles. The number of rotatable bonds is 4. The number of hydrogen-bond acceptors (Lipinski definition) is 2. The largest absolute Gasteiger partial charge is 0.344 e. The van der Waals surface area contributed by atoms with Crippen molar-refractivity contribution < 1.29 is 4.79 Å². The van der Waals surface area contributed by atoms with Crippen LogP contribution in [0.25, 0.3) is 0 Å². The number of carbonyl (C=O) groups excluding carboxylic acids is 1. The molecule has 1 heterocycles. The van der Waals surface area contributed by atoms with Crippen molar-refractivity contribution in [1.29, 1.82) is 0 Å². The van der Waals surface area contributed by atoms with Crippen molar-refractivity contribution in [2.45, 2.75) is 45.6 Å². The SMILES string of the molecule is CC(C)CCN(C)C(=O)C1NCC2CCCC21. The van der Waals surface area contributed by atoms with E-state index in [1.54, 1.807) is 0 Å². The zero-order valence-corrected chi connectivity index (χ0v) is 11.4. The van der Waals surface area contributed by atoms with Crippen molar-refractivity contribution in [1.82, 2.24) is 10.2 Å². The molecule has 3 atom stereocenters. The van der Waals surface area contributed by atoms with Crippen molar-refractivity contribution in [2.75, 3.05) is 20.1 Å². The minimum atomic E-state index is 0.111. The zero-order valence-electron chi connectivity index (χ0n) is 11.4. The molecular formula is C14H26N2O. The summed E-state index contributed by atoms with van der Waals surface area (Å²) in [5.41, 5.74) is 0. The van der Waals surface area contributed by atoms with Gasteiger partial charge in [-0.3, -0.25) is 4.79 Å². The van der Waals surface area contributed by atoms with Gasteiger partial charge in [0.05, 0.1) is 6.04 Å². The Morgan fingerprint density at radius 3 is 2.88 bits per heavy atom. The summed E-state index contributed by atoms with van der Waals surface area (Å²) in [5.74, 6) is 2.37. The Balaban J connectivity index is 1.86. The fraction of sp³-hybridized carbons (Fsp3) is 0.929. The maximum Gasteiger partial charge on any atom is 0.239 e. The molecule has 2 fully saturated rings. The monoisotopic (exact) mass is 238 g/mol. The smallest absolute Gasteiger partial charge is 0.239 e. The first kappa shape index (κ1) is 12.9. The molecule has 2 rings (SSSR count). The van der Waals surface area contributed by atoms with Crippen LogP contribution >= 0.6 is 0 Å². The van der Waals surface area contributed by atoms with Gasteiger partial charge in [-0.05, 0) is 43.6 Å². The number of nitrogens with one attached hydrogen (secondary N) is 1. The molecule has 0 bridgehead atoms. The van der Waals surface area contributed by atoms with Gasteiger partial charge >= 0.3 is 0 Å². The number of hydrogen-bond donors (Lipinski definition) is 1. The van der Waals surface area contributed by atoms with Crippen LogP contribution in [0.5, 0.6) is 0 Å². The van der Waals surface area contributed by atoms with Crippen LogP contribution in [0.15, 0.2) is 0 Å². The van der Waals surface area contributed by atoms with Crippen LogP contribution in [-0.4, -0.2) is 37.0 Å². The Hall–Kier alpha value is -0.570. The van der Waals surface area contributed by atoms with E-state index in [4.69, 9.17) is 0 Å². The summed E-state index contributed by atoms with van der Waals surface area (Å²) in [5, 5.41) is 3.44. The minimum absolute atomic E-state index is 0.111. The predicted octanol–water partition coefficient (Wildman–Crippen LogP) is 1.88. The first-order chi connectivity index (χ1) is 8.09. The Labute approximate surface area is 105 Å². The van der Waals surface area contributed by atoms with Crippen molar-refractivity contribution >= 4 is 5.91 Å². The molecule has 3 unspecified atom stereocenters. The van der Waals surface area contributed by atoms with Gasteiger partial charge < -0.3 is 10.2 Å². The number of amides is 1. The fourth-order valence-electron chi connectivity index (χ4n) is 3.26. The van der Waals surface area contributed by atoms with E-state index in [0.29, 0.717) is 17.7 Å². The van der Waals surface area contributed by atoms with Crippen LogP contribution in [0.4, 0.5) is 0 Å². The van der Waals surface area contributed by atoms with E-state index in [1.165, 1.54) is 19.3 Å². The highest BCUT2D eigenvalue weighted by molar-refractivity contribution is 5.82. The van der Waals surface area contributed by atoms with E-state index in [2.05, 4.69) is 19.2 Å². The first-order valence-corrected chi connectivity index (χ1v) is 7.08. The van der Waals surface area contributed by atoms with Crippen LogP contribution in [0.3, 0.4) is 0 Å². The summed E-state index contributed by atoms with van der Waals surface area (Å²) in [6, 6.07) is 0.111. The lowest BCUT2D eigenvalue weighted by molar-refractivity contribution is -0.133. The van der Waals surface area contributed by atoms with Crippen molar-refractivity contribution in [2.24, 2.45) is 17.8 Å². The standard InChI is InChI=1S/C14H26N2O/c1-10(2)7-8-16(3)14(17)13-12-6-4-5-11(12)9-15-13/h10-13,15H,4-9H2,1-3H3. The molecule has 1 saturated carbocycles. The van der Waals surface area contributed by atoms with E-state index in [1.807, 2.05) is 11.9 Å². The molecule has 0 spiro atoms. The molecule has 0 aromatic heterocycles. The number of likely N-dealkylation sites (N-methyl/N-ethyl adjacent to an activating group) is 1. The van der Waals surface area contributed by atoms with Crippen LogP contribution in [0.2, 0.25) is 0 Å². The van der Waals surface area contributed by atoms with Crippen LogP contribution in [0, 0.1) is 17.8 Å². The Morgan fingerprint density at radius 1 is 1.41 bits per heavy atom. The average molecular weight is 238 g/mol. The van der Waals surface area contributed by atoms with Gasteiger partial charge in [0.15, 0.2) is 0 Å². The van der Waals surface area contributed by atoms with E-state index in [9.17, 15) is 4.79 Å².